The highest BCUT2D eigenvalue weighted by Gasteiger charge is 2.19. The molecule has 0 amide bonds. The maximum atomic E-state index is 13.6. The monoisotopic (exact) mass is 240 g/mol. The summed E-state index contributed by atoms with van der Waals surface area (Å²) in [5, 5.41) is 0. The molecule has 0 spiro atoms. The summed E-state index contributed by atoms with van der Waals surface area (Å²) in [5.41, 5.74) is -1.01. The summed E-state index contributed by atoms with van der Waals surface area (Å²) in [4.78, 5) is 0. The van der Waals surface area contributed by atoms with Crippen molar-refractivity contribution in [1.82, 2.24) is 0 Å². The minimum absolute atomic E-state index is 0.348. The third-order valence-corrected chi connectivity index (χ3v) is 2.40. The maximum Gasteiger partial charge on any atom is 0.134 e. The molecule has 0 atom stereocenters. The SMILES string of the molecule is Cc1cc(F)c(-c2c(F)cccc2F)c(F)c1. The third-order valence-electron chi connectivity index (χ3n) is 2.40. The average Bonchev–Trinajstić information content (AvgIpc) is 2.21. The van der Waals surface area contributed by atoms with Crippen molar-refractivity contribution in [2.75, 3.05) is 0 Å². The summed E-state index contributed by atoms with van der Waals surface area (Å²) >= 11 is 0. The first-order valence-electron chi connectivity index (χ1n) is 4.90. The second-order valence-electron chi connectivity index (χ2n) is 3.70. The van der Waals surface area contributed by atoms with Gasteiger partial charge in [0.25, 0.3) is 0 Å². The number of benzene rings is 2. The van der Waals surface area contributed by atoms with Gasteiger partial charge in [0.15, 0.2) is 0 Å². The van der Waals surface area contributed by atoms with E-state index in [-0.39, 0.29) is 0 Å². The summed E-state index contributed by atoms with van der Waals surface area (Å²) in [6, 6.07) is 5.11. The number of aryl methyl sites for hydroxylation is 1. The van der Waals surface area contributed by atoms with Crippen molar-refractivity contribution in [3.8, 4) is 11.1 Å². The van der Waals surface area contributed by atoms with E-state index in [0.29, 0.717) is 5.56 Å². The molecule has 0 aliphatic rings. The van der Waals surface area contributed by atoms with E-state index in [4.69, 9.17) is 0 Å². The van der Waals surface area contributed by atoms with Crippen molar-refractivity contribution in [3.63, 3.8) is 0 Å². The zero-order valence-corrected chi connectivity index (χ0v) is 8.90. The Bertz CT molecular complexity index is 532. The van der Waals surface area contributed by atoms with Gasteiger partial charge in [0.1, 0.15) is 23.3 Å². The molecule has 0 unspecified atom stereocenters. The first-order chi connectivity index (χ1) is 8.00. The van der Waals surface area contributed by atoms with Crippen molar-refractivity contribution in [3.05, 3.63) is 59.2 Å². The molecule has 0 nitrogen and oxygen atoms in total. The Morgan fingerprint density at radius 2 is 1.12 bits per heavy atom. The molecule has 0 bridgehead atoms. The van der Waals surface area contributed by atoms with Crippen LogP contribution >= 0.6 is 0 Å². The molecule has 88 valence electrons. The van der Waals surface area contributed by atoms with E-state index in [1.54, 1.807) is 0 Å². The van der Waals surface area contributed by atoms with Gasteiger partial charge in [-0.25, -0.2) is 17.6 Å². The molecule has 0 saturated heterocycles. The molecule has 0 radical (unpaired) electrons. The van der Waals surface area contributed by atoms with Crippen LogP contribution in [-0.4, -0.2) is 0 Å². The van der Waals surface area contributed by atoms with Crippen LogP contribution in [-0.2, 0) is 0 Å². The zero-order chi connectivity index (χ0) is 12.6. The number of hydrogen-bond donors (Lipinski definition) is 0. The molecule has 4 heteroatoms. The standard InChI is InChI=1S/C13H8F4/c1-7-5-10(16)13(11(17)6-7)12-8(14)3-2-4-9(12)15/h2-6H,1H3. The van der Waals surface area contributed by atoms with Crippen LogP contribution in [0.4, 0.5) is 17.6 Å². The molecule has 0 saturated carbocycles. The van der Waals surface area contributed by atoms with Crippen LogP contribution in [0.5, 0.6) is 0 Å². The Kier molecular flexibility index (Phi) is 2.88. The lowest BCUT2D eigenvalue weighted by molar-refractivity contribution is 0.562. The Morgan fingerprint density at radius 3 is 1.59 bits per heavy atom. The number of hydrogen-bond acceptors (Lipinski definition) is 0. The average molecular weight is 240 g/mol. The van der Waals surface area contributed by atoms with E-state index in [1.165, 1.54) is 6.92 Å². The van der Waals surface area contributed by atoms with Crippen molar-refractivity contribution < 1.29 is 17.6 Å². The first kappa shape index (κ1) is 11.6. The number of rotatable bonds is 1. The van der Waals surface area contributed by atoms with E-state index >= 15 is 0 Å². The second-order valence-corrected chi connectivity index (χ2v) is 3.70. The predicted molar refractivity (Wildman–Crippen MR) is 56.4 cm³/mol. The second kappa shape index (κ2) is 4.20. The molecule has 0 aromatic heterocycles. The van der Waals surface area contributed by atoms with Gasteiger partial charge in [-0.3, -0.25) is 0 Å². The van der Waals surface area contributed by atoms with E-state index < -0.39 is 34.4 Å². The van der Waals surface area contributed by atoms with E-state index in [1.807, 2.05) is 0 Å². The lowest BCUT2D eigenvalue weighted by atomic mass is 10.0. The summed E-state index contributed by atoms with van der Waals surface area (Å²) in [5.74, 6) is -3.95. The van der Waals surface area contributed by atoms with Crippen LogP contribution < -0.4 is 0 Å². The van der Waals surface area contributed by atoms with Crippen LogP contribution in [0, 0.1) is 30.2 Å². The fourth-order valence-corrected chi connectivity index (χ4v) is 1.68. The lowest BCUT2D eigenvalue weighted by Gasteiger charge is -2.08. The topological polar surface area (TPSA) is 0 Å². The molecule has 2 rings (SSSR count). The largest absolute Gasteiger partial charge is 0.206 e. The molecule has 0 fully saturated rings. The van der Waals surface area contributed by atoms with Crippen LogP contribution in [0.1, 0.15) is 5.56 Å². The highest BCUT2D eigenvalue weighted by atomic mass is 19.1. The summed E-state index contributed by atoms with van der Waals surface area (Å²) in [6.45, 7) is 1.49. The third kappa shape index (κ3) is 2.02. The molecule has 0 aliphatic heterocycles. The fourth-order valence-electron chi connectivity index (χ4n) is 1.68. The normalized spacial score (nSPS) is 10.6. The van der Waals surface area contributed by atoms with Gasteiger partial charge in [-0.15, -0.1) is 0 Å². The zero-order valence-electron chi connectivity index (χ0n) is 8.90. The quantitative estimate of drug-likeness (QED) is 0.655. The van der Waals surface area contributed by atoms with Crippen LogP contribution in [0.15, 0.2) is 30.3 Å². The van der Waals surface area contributed by atoms with Gasteiger partial charge < -0.3 is 0 Å². The highest BCUT2D eigenvalue weighted by Crippen LogP contribution is 2.31. The Labute approximate surface area is 95.5 Å². The molecule has 0 aliphatic carbocycles. The molecular formula is C13H8F4. The maximum absolute atomic E-state index is 13.6. The van der Waals surface area contributed by atoms with Gasteiger partial charge in [-0.1, -0.05) is 6.07 Å². The molecule has 2 aromatic rings. The Morgan fingerprint density at radius 1 is 0.706 bits per heavy atom. The summed E-state index contributed by atoms with van der Waals surface area (Å²) in [6.07, 6.45) is 0. The van der Waals surface area contributed by atoms with Gasteiger partial charge in [0.2, 0.25) is 0 Å². The van der Waals surface area contributed by atoms with Gasteiger partial charge in [0.05, 0.1) is 11.1 Å². The fraction of sp³-hybridized carbons (Fsp3) is 0.0769. The van der Waals surface area contributed by atoms with E-state index in [0.717, 1.165) is 30.3 Å². The Balaban J connectivity index is 2.77. The molecule has 0 heterocycles. The van der Waals surface area contributed by atoms with Gasteiger partial charge in [-0.2, -0.15) is 0 Å². The van der Waals surface area contributed by atoms with Crippen LogP contribution in [0.3, 0.4) is 0 Å². The minimum Gasteiger partial charge on any atom is -0.206 e. The van der Waals surface area contributed by atoms with Crippen molar-refractivity contribution in [2.45, 2.75) is 6.92 Å². The van der Waals surface area contributed by atoms with E-state index in [9.17, 15) is 17.6 Å². The molecular weight excluding hydrogens is 232 g/mol. The minimum atomic E-state index is -0.994. The highest BCUT2D eigenvalue weighted by molar-refractivity contribution is 5.66. The van der Waals surface area contributed by atoms with Crippen molar-refractivity contribution in [1.29, 1.82) is 0 Å². The number of halogens is 4. The lowest BCUT2D eigenvalue weighted by Crippen LogP contribution is -1.97. The molecule has 2 aromatic carbocycles. The Hall–Kier alpha value is -1.84. The van der Waals surface area contributed by atoms with Gasteiger partial charge in [-0.05, 0) is 36.8 Å². The smallest absolute Gasteiger partial charge is 0.134 e. The van der Waals surface area contributed by atoms with Crippen LogP contribution in [0.2, 0.25) is 0 Å². The van der Waals surface area contributed by atoms with Gasteiger partial charge in [0, 0.05) is 0 Å². The predicted octanol–water partition coefficient (Wildman–Crippen LogP) is 4.22. The molecule has 0 N–H and O–H groups in total. The van der Waals surface area contributed by atoms with Crippen molar-refractivity contribution in [2.24, 2.45) is 0 Å². The summed E-state index contributed by atoms with van der Waals surface area (Å²) in [7, 11) is 0. The summed E-state index contributed by atoms with van der Waals surface area (Å²) < 4.78 is 54.0. The van der Waals surface area contributed by atoms with E-state index in [2.05, 4.69) is 0 Å². The first-order valence-corrected chi connectivity index (χ1v) is 4.90. The molecule has 17 heavy (non-hydrogen) atoms. The van der Waals surface area contributed by atoms with Crippen LogP contribution in [0.25, 0.3) is 11.1 Å². The van der Waals surface area contributed by atoms with Gasteiger partial charge >= 0.3 is 0 Å². The van der Waals surface area contributed by atoms with Crippen molar-refractivity contribution >= 4 is 0 Å².